The maximum absolute atomic E-state index is 12.4. The molecular weight excluding hydrogens is 422 g/mol. The molecule has 0 fully saturated rings. The van der Waals surface area contributed by atoms with E-state index in [0.717, 1.165) is 0 Å². The predicted octanol–water partition coefficient (Wildman–Crippen LogP) is 2.93. The van der Waals surface area contributed by atoms with E-state index in [1.807, 2.05) is 22.6 Å². The van der Waals surface area contributed by atoms with E-state index >= 15 is 0 Å². The van der Waals surface area contributed by atoms with Crippen LogP contribution in [-0.2, 0) is 0 Å². The molecule has 0 saturated heterocycles. The lowest BCUT2D eigenvalue weighted by Crippen LogP contribution is -2.07. The van der Waals surface area contributed by atoms with E-state index in [2.05, 4.69) is 4.98 Å². The standard InChI is InChI=1S/C7H3F2I2NO2/c8-5(9)4-2(7(13)14)1-3(10)6(11)12-4/h1,5H,(H,13,14). The number of alkyl halides is 2. The van der Waals surface area contributed by atoms with Crippen molar-refractivity contribution in [2.75, 3.05) is 0 Å². The first kappa shape index (κ1) is 12.0. The van der Waals surface area contributed by atoms with Crippen LogP contribution >= 0.6 is 45.2 Å². The van der Waals surface area contributed by atoms with Crippen molar-refractivity contribution in [3.05, 3.63) is 24.6 Å². The summed E-state index contributed by atoms with van der Waals surface area (Å²) in [6, 6.07) is 1.19. The van der Waals surface area contributed by atoms with Crippen molar-refractivity contribution in [1.82, 2.24) is 4.98 Å². The molecule has 3 nitrogen and oxygen atoms in total. The number of carboxylic acids is 1. The van der Waals surface area contributed by atoms with Gasteiger partial charge in [-0.1, -0.05) is 0 Å². The lowest BCUT2D eigenvalue weighted by Gasteiger charge is -2.05. The first-order valence-corrected chi connectivity index (χ1v) is 5.46. The van der Waals surface area contributed by atoms with Crippen molar-refractivity contribution in [3.63, 3.8) is 0 Å². The van der Waals surface area contributed by atoms with Gasteiger partial charge in [0.05, 0.1) is 5.56 Å². The average Bonchev–Trinajstić information content (AvgIpc) is 2.08. The minimum absolute atomic E-state index is 0.378. The molecule has 0 spiro atoms. The number of aromatic nitrogens is 1. The Balaban J connectivity index is 3.39. The van der Waals surface area contributed by atoms with Gasteiger partial charge in [0.25, 0.3) is 6.43 Å². The van der Waals surface area contributed by atoms with Gasteiger partial charge < -0.3 is 5.11 Å². The third kappa shape index (κ3) is 2.49. The van der Waals surface area contributed by atoms with E-state index in [1.54, 1.807) is 22.6 Å². The summed E-state index contributed by atoms with van der Waals surface area (Å²) in [5.74, 6) is -1.39. The van der Waals surface area contributed by atoms with Crippen molar-refractivity contribution < 1.29 is 18.7 Å². The second-order valence-electron chi connectivity index (χ2n) is 2.30. The minimum Gasteiger partial charge on any atom is -0.478 e. The quantitative estimate of drug-likeness (QED) is 0.586. The molecule has 0 aromatic carbocycles. The number of halogens is 4. The molecule has 76 valence electrons. The van der Waals surface area contributed by atoms with Crippen LogP contribution in [0.5, 0.6) is 0 Å². The Morgan fingerprint density at radius 3 is 2.50 bits per heavy atom. The molecule has 14 heavy (non-hydrogen) atoms. The average molecular weight is 425 g/mol. The first-order valence-electron chi connectivity index (χ1n) is 3.31. The fraction of sp³-hybridized carbons (Fsp3) is 0.143. The predicted molar refractivity (Wildman–Crippen MR) is 61.6 cm³/mol. The van der Waals surface area contributed by atoms with Gasteiger partial charge in [0.2, 0.25) is 0 Å². The second-order valence-corrected chi connectivity index (χ2v) is 4.48. The lowest BCUT2D eigenvalue weighted by atomic mass is 10.2. The van der Waals surface area contributed by atoms with Crippen molar-refractivity contribution in [2.24, 2.45) is 0 Å². The summed E-state index contributed by atoms with van der Waals surface area (Å²) >= 11 is 3.62. The van der Waals surface area contributed by atoms with Gasteiger partial charge >= 0.3 is 5.97 Å². The van der Waals surface area contributed by atoms with Gasteiger partial charge in [0, 0.05) is 3.57 Å². The molecule has 1 rings (SSSR count). The molecule has 0 radical (unpaired) electrons. The third-order valence-corrected chi connectivity index (χ3v) is 4.08. The van der Waals surface area contributed by atoms with E-state index in [0.29, 0.717) is 7.27 Å². The number of hydrogen-bond acceptors (Lipinski definition) is 2. The van der Waals surface area contributed by atoms with Gasteiger partial charge in [-0.05, 0) is 51.2 Å². The molecule has 0 aliphatic rings. The number of pyridine rings is 1. The molecule has 0 amide bonds. The highest BCUT2D eigenvalue weighted by molar-refractivity contribution is 14.1. The monoisotopic (exact) mass is 425 g/mol. The van der Waals surface area contributed by atoms with E-state index in [4.69, 9.17) is 5.11 Å². The normalized spacial score (nSPS) is 10.6. The molecule has 0 aliphatic carbocycles. The number of rotatable bonds is 2. The summed E-state index contributed by atoms with van der Waals surface area (Å²) in [7, 11) is 0. The van der Waals surface area contributed by atoms with Gasteiger partial charge in [-0.25, -0.2) is 18.6 Å². The van der Waals surface area contributed by atoms with Crippen LogP contribution in [-0.4, -0.2) is 16.1 Å². The van der Waals surface area contributed by atoms with Crippen LogP contribution < -0.4 is 0 Å². The Morgan fingerprint density at radius 2 is 2.07 bits per heavy atom. The molecule has 1 aromatic rings. The number of carbonyl (C=O) groups is 1. The summed E-state index contributed by atoms with van der Waals surface area (Å²) in [6.45, 7) is 0. The van der Waals surface area contributed by atoms with E-state index in [-0.39, 0.29) is 0 Å². The Bertz CT molecular complexity index is 384. The summed E-state index contributed by atoms with van der Waals surface area (Å²) in [4.78, 5) is 14.2. The number of carboxylic acid groups (broad SMARTS) is 1. The van der Waals surface area contributed by atoms with Gasteiger partial charge in [-0.2, -0.15) is 0 Å². The number of aromatic carboxylic acids is 1. The van der Waals surface area contributed by atoms with Crippen LogP contribution in [0.3, 0.4) is 0 Å². The van der Waals surface area contributed by atoms with E-state index < -0.39 is 23.7 Å². The maximum Gasteiger partial charge on any atom is 0.337 e. The number of hydrogen-bond donors (Lipinski definition) is 1. The highest BCUT2D eigenvalue weighted by Crippen LogP contribution is 2.24. The zero-order valence-corrected chi connectivity index (χ0v) is 10.8. The smallest absolute Gasteiger partial charge is 0.337 e. The van der Waals surface area contributed by atoms with Crippen molar-refractivity contribution >= 4 is 51.2 Å². The Labute approximate surface area is 105 Å². The fourth-order valence-corrected chi connectivity index (χ4v) is 1.66. The molecule has 0 bridgehead atoms. The van der Waals surface area contributed by atoms with E-state index in [9.17, 15) is 13.6 Å². The largest absolute Gasteiger partial charge is 0.478 e. The summed E-state index contributed by atoms with van der Waals surface area (Å²) < 4.78 is 25.7. The number of nitrogens with zero attached hydrogens (tertiary/aromatic N) is 1. The molecule has 1 aromatic heterocycles. The molecule has 0 unspecified atom stereocenters. The zero-order chi connectivity index (χ0) is 10.9. The Hall–Kier alpha value is -0.0600. The van der Waals surface area contributed by atoms with Crippen molar-refractivity contribution in [2.45, 2.75) is 6.43 Å². The fourth-order valence-electron chi connectivity index (χ4n) is 0.817. The van der Waals surface area contributed by atoms with Gasteiger partial charge in [0.15, 0.2) is 0 Å². The zero-order valence-electron chi connectivity index (χ0n) is 6.47. The van der Waals surface area contributed by atoms with Crippen molar-refractivity contribution in [3.8, 4) is 0 Å². The van der Waals surface area contributed by atoms with Crippen LogP contribution in [0, 0.1) is 7.27 Å². The summed E-state index contributed by atoms with van der Waals surface area (Å²) in [5, 5.41) is 8.65. The Morgan fingerprint density at radius 1 is 1.50 bits per heavy atom. The lowest BCUT2D eigenvalue weighted by molar-refractivity contribution is 0.0682. The van der Waals surface area contributed by atoms with Crippen LogP contribution in [0.1, 0.15) is 22.5 Å². The topological polar surface area (TPSA) is 50.2 Å². The van der Waals surface area contributed by atoms with Crippen LogP contribution in [0.25, 0.3) is 0 Å². The van der Waals surface area contributed by atoms with E-state index in [1.165, 1.54) is 6.07 Å². The highest BCUT2D eigenvalue weighted by atomic mass is 127. The SMILES string of the molecule is O=C(O)c1cc(I)c(I)nc1C(F)F. The molecule has 7 heteroatoms. The van der Waals surface area contributed by atoms with Gasteiger partial charge in [0.1, 0.15) is 9.39 Å². The Kier molecular flexibility index (Phi) is 3.98. The molecule has 0 saturated carbocycles. The van der Waals surface area contributed by atoms with Crippen LogP contribution in [0.2, 0.25) is 0 Å². The highest BCUT2D eigenvalue weighted by Gasteiger charge is 2.21. The van der Waals surface area contributed by atoms with Crippen LogP contribution in [0.4, 0.5) is 8.78 Å². The maximum atomic E-state index is 12.4. The van der Waals surface area contributed by atoms with Gasteiger partial charge in [-0.3, -0.25) is 0 Å². The molecule has 0 aliphatic heterocycles. The van der Waals surface area contributed by atoms with Gasteiger partial charge in [-0.15, -0.1) is 0 Å². The summed E-state index contributed by atoms with van der Waals surface area (Å²) in [5.41, 5.74) is -1.12. The first-order chi connectivity index (χ1) is 6.43. The minimum atomic E-state index is -2.87. The van der Waals surface area contributed by atoms with Crippen LogP contribution in [0.15, 0.2) is 6.07 Å². The molecule has 0 atom stereocenters. The summed E-state index contributed by atoms with van der Waals surface area (Å²) in [6.07, 6.45) is -2.87. The molecular formula is C7H3F2I2NO2. The molecule has 1 N–H and O–H groups in total. The molecule has 1 heterocycles. The second kappa shape index (κ2) is 4.64. The third-order valence-electron chi connectivity index (χ3n) is 1.40. The van der Waals surface area contributed by atoms with Crippen molar-refractivity contribution in [1.29, 1.82) is 0 Å².